The van der Waals surface area contributed by atoms with Gasteiger partial charge in [0, 0.05) is 11.4 Å². The average Bonchev–Trinajstić information content (AvgIpc) is 2.83. The number of hydrogen-bond donors (Lipinski definition) is 1. The Balaban J connectivity index is 1.48. The predicted octanol–water partition coefficient (Wildman–Crippen LogP) is 7.27. The second kappa shape index (κ2) is 10.2. The van der Waals surface area contributed by atoms with Crippen LogP contribution in [0, 0.1) is 0 Å². The number of benzene rings is 4. The quantitative estimate of drug-likeness (QED) is 0.312. The van der Waals surface area contributed by atoms with Gasteiger partial charge in [0.15, 0.2) is 0 Å². The standard InChI is InChI=1S/C28H23ClO3/c29-25-13-16-27(23-9-6-20(7-10-23)8-17-28(30)31)24(18-25)19-32-26-14-11-22(12-15-26)21-4-2-1-3-5-21/h1-7,9-16,18H,8,17,19H2,(H,30,31). The van der Waals surface area contributed by atoms with Gasteiger partial charge >= 0.3 is 5.97 Å². The van der Waals surface area contributed by atoms with Crippen molar-refractivity contribution >= 4 is 17.6 Å². The lowest BCUT2D eigenvalue weighted by atomic mass is 9.98. The fourth-order valence-corrected chi connectivity index (χ4v) is 3.80. The van der Waals surface area contributed by atoms with Crippen LogP contribution in [0.4, 0.5) is 0 Å². The van der Waals surface area contributed by atoms with Crippen molar-refractivity contribution in [2.75, 3.05) is 0 Å². The minimum atomic E-state index is -0.789. The lowest BCUT2D eigenvalue weighted by molar-refractivity contribution is -0.136. The molecule has 0 saturated carbocycles. The predicted molar refractivity (Wildman–Crippen MR) is 129 cm³/mol. The number of carbonyl (C=O) groups is 1. The first-order valence-electron chi connectivity index (χ1n) is 10.5. The number of aliphatic carboxylic acids is 1. The van der Waals surface area contributed by atoms with Gasteiger partial charge in [-0.25, -0.2) is 0 Å². The van der Waals surface area contributed by atoms with Crippen molar-refractivity contribution in [2.45, 2.75) is 19.4 Å². The Morgan fingerprint density at radius 1 is 0.781 bits per heavy atom. The highest BCUT2D eigenvalue weighted by Crippen LogP contribution is 2.29. The van der Waals surface area contributed by atoms with E-state index < -0.39 is 5.97 Å². The molecule has 4 aromatic carbocycles. The summed E-state index contributed by atoms with van der Waals surface area (Å²) in [7, 11) is 0. The molecule has 0 aromatic heterocycles. The largest absolute Gasteiger partial charge is 0.489 e. The second-order valence-electron chi connectivity index (χ2n) is 7.57. The van der Waals surface area contributed by atoms with Crippen LogP contribution in [-0.4, -0.2) is 11.1 Å². The van der Waals surface area contributed by atoms with E-state index in [-0.39, 0.29) is 6.42 Å². The maximum absolute atomic E-state index is 10.8. The van der Waals surface area contributed by atoms with Crippen LogP contribution < -0.4 is 4.74 Å². The van der Waals surface area contributed by atoms with Gasteiger partial charge in [-0.15, -0.1) is 0 Å². The molecule has 1 N–H and O–H groups in total. The maximum atomic E-state index is 10.8. The summed E-state index contributed by atoms with van der Waals surface area (Å²) in [6.45, 7) is 0.390. The summed E-state index contributed by atoms with van der Waals surface area (Å²) in [6, 6.07) is 32.0. The third kappa shape index (κ3) is 5.57. The molecule has 4 rings (SSSR count). The zero-order chi connectivity index (χ0) is 22.3. The third-order valence-corrected chi connectivity index (χ3v) is 5.55. The molecule has 0 saturated heterocycles. The zero-order valence-corrected chi connectivity index (χ0v) is 18.3. The van der Waals surface area contributed by atoms with E-state index >= 15 is 0 Å². The van der Waals surface area contributed by atoms with E-state index in [4.69, 9.17) is 21.4 Å². The Kier molecular flexibility index (Phi) is 6.88. The molecule has 4 heteroatoms. The topological polar surface area (TPSA) is 46.5 Å². The molecule has 160 valence electrons. The Labute approximate surface area is 192 Å². The van der Waals surface area contributed by atoms with E-state index in [1.807, 2.05) is 72.8 Å². The number of halogens is 1. The van der Waals surface area contributed by atoms with Gasteiger partial charge in [0.1, 0.15) is 12.4 Å². The van der Waals surface area contributed by atoms with E-state index in [1.54, 1.807) is 0 Å². The van der Waals surface area contributed by atoms with E-state index in [1.165, 1.54) is 5.56 Å². The lowest BCUT2D eigenvalue weighted by Gasteiger charge is -2.13. The highest BCUT2D eigenvalue weighted by molar-refractivity contribution is 6.30. The Morgan fingerprint density at radius 2 is 1.44 bits per heavy atom. The summed E-state index contributed by atoms with van der Waals surface area (Å²) in [6.07, 6.45) is 0.646. The Bertz CT molecular complexity index is 1180. The molecule has 0 spiro atoms. The molecule has 0 unspecified atom stereocenters. The molecule has 3 nitrogen and oxygen atoms in total. The molecule has 4 aromatic rings. The monoisotopic (exact) mass is 442 g/mol. The van der Waals surface area contributed by atoms with Gasteiger partial charge in [-0.2, -0.15) is 0 Å². The van der Waals surface area contributed by atoms with E-state index in [2.05, 4.69) is 24.3 Å². The van der Waals surface area contributed by atoms with Crippen LogP contribution in [-0.2, 0) is 17.8 Å². The fraction of sp³-hybridized carbons (Fsp3) is 0.107. The third-order valence-electron chi connectivity index (χ3n) is 5.32. The van der Waals surface area contributed by atoms with Crippen molar-refractivity contribution in [1.29, 1.82) is 0 Å². The average molecular weight is 443 g/mol. The molecule has 0 amide bonds. The molecule has 0 fully saturated rings. The summed E-state index contributed by atoms with van der Waals surface area (Å²) >= 11 is 6.26. The van der Waals surface area contributed by atoms with Gasteiger partial charge in [-0.3, -0.25) is 4.79 Å². The number of carboxylic acid groups (broad SMARTS) is 1. The molecular weight excluding hydrogens is 420 g/mol. The van der Waals surface area contributed by atoms with Gasteiger partial charge < -0.3 is 9.84 Å². The van der Waals surface area contributed by atoms with Crippen LogP contribution in [0.5, 0.6) is 5.75 Å². The van der Waals surface area contributed by atoms with Crippen LogP contribution in [0.15, 0.2) is 97.1 Å². The SMILES string of the molecule is O=C(O)CCc1ccc(-c2ccc(Cl)cc2COc2ccc(-c3ccccc3)cc2)cc1. The zero-order valence-electron chi connectivity index (χ0n) is 17.5. The van der Waals surface area contributed by atoms with Gasteiger partial charge in [0.05, 0.1) is 0 Å². The van der Waals surface area contributed by atoms with Crippen molar-refractivity contribution in [3.8, 4) is 28.0 Å². The summed E-state index contributed by atoms with van der Waals surface area (Å²) in [5.74, 6) is 0.00244. The highest BCUT2D eigenvalue weighted by atomic mass is 35.5. The molecular formula is C28H23ClO3. The fourth-order valence-electron chi connectivity index (χ4n) is 3.60. The van der Waals surface area contributed by atoms with E-state index in [0.29, 0.717) is 18.1 Å². The second-order valence-corrected chi connectivity index (χ2v) is 8.01. The summed E-state index contributed by atoms with van der Waals surface area (Å²) < 4.78 is 6.06. The number of ether oxygens (including phenoxy) is 1. The molecule has 0 bridgehead atoms. The van der Waals surface area contributed by atoms with Crippen molar-refractivity contribution in [2.24, 2.45) is 0 Å². The first-order chi connectivity index (χ1) is 15.6. The summed E-state index contributed by atoms with van der Waals surface area (Å²) in [4.78, 5) is 10.8. The molecule has 0 aliphatic rings. The number of rotatable bonds is 8. The maximum Gasteiger partial charge on any atom is 0.303 e. The number of aryl methyl sites for hydroxylation is 1. The smallest absolute Gasteiger partial charge is 0.303 e. The van der Waals surface area contributed by atoms with Crippen molar-refractivity contribution < 1.29 is 14.6 Å². The summed E-state index contributed by atoms with van der Waals surface area (Å²) in [5, 5.41) is 9.53. The normalized spacial score (nSPS) is 10.7. The molecule has 0 radical (unpaired) electrons. The molecule has 0 aliphatic carbocycles. The number of hydrogen-bond acceptors (Lipinski definition) is 2. The highest BCUT2D eigenvalue weighted by Gasteiger charge is 2.09. The van der Waals surface area contributed by atoms with Crippen LogP contribution in [0.2, 0.25) is 5.02 Å². The Hall–Kier alpha value is -3.56. The first-order valence-corrected chi connectivity index (χ1v) is 10.8. The molecule has 0 heterocycles. The molecule has 32 heavy (non-hydrogen) atoms. The van der Waals surface area contributed by atoms with E-state index in [9.17, 15) is 4.79 Å². The van der Waals surface area contributed by atoms with Gasteiger partial charge in [-0.1, -0.05) is 84.4 Å². The minimum absolute atomic E-state index is 0.127. The van der Waals surface area contributed by atoms with Crippen LogP contribution in [0.3, 0.4) is 0 Å². The lowest BCUT2D eigenvalue weighted by Crippen LogP contribution is -1.99. The van der Waals surface area contributed by atoms with Gasteiger partial charge in [0.2, 0.25) is 0 Å². The Morgan fingerprint density at radius 3 is 2.12 bits per heavy atom. The van der Waals surface area contributed by atoms with Crippen molar-refractivity contribution in [3.05, 3.63) is 113 Å². The molecule has 0 atom stereocenters. The van der Waals surface area contributed by atoms with Crippen LogP contribution >= 0.6 is 11.6 Å². The van der Waals surface area contributed by atoms with Crippen LogP contribution in [0.25, 0.3) is 22.3 Å². The number of carboxylic acids is 1. The molecule has 0 aliphatic heterocycles. The van der Waals surface area contributed by atoms with Crippen molar-refractivity contribution in [3.63, 3.8) is 0 Å². The van der Waals surface area contributed by atoms with E-state index in [0.717, 1.165) is 33.6 Å². The van der Waals surface area contributed by atoms with Gasteiger partial charge in [0.25, 0.3) is 0 Å². The first kappa shape index (κ1) is 21.7. The summed E-state index contributed by atoms with van der Waals surface area (Å²) in [5.41, 5.74) is 6.38. The van der Waals surface area contributed by atoms with Gasteiger partial charge in [-0.05, 0) is 64.1 Å². The minimum Gasteiger partial charge on any atom is -0.489 e. The van der Waals surface area contributed by atoms with Crippen LogP contribution in [0.1, 0.15) is 17.5 Å². The van der Waals surface area contributed by atoms with Crippen molar-refractivity contribution in [1.82, 2.24) is 0 Å².